The van der Waals surface area contributed by atoms with E-state index in [0.717, 1.165) is 22.4 Å². The first kappa shape index (κ1) is 21.1. The van der Waals surface area contributed by atoms with Crippen molar-refractivity contribution < 1.29 is 4.79 Å². The fraction of sp³-hybridized carbons (Fsp3) is 0. The summed E-state index contributed by atoms with van der Waals surface area (Å²) < 4.78 is 0. The molecule has 0 radical (unpaired) electrons. The number of carbonyl (C=O) groups excluding carboxylic acids is 1. The molecule has 0 saturated carbocycles. The van der Waals surface area contributed by atoms with Gasteiger partial charge in [-0.25, -0.2) is 4.98 Å². The number of aromatic nitrogens is 1. The molecule has 33 heavy (non-hydrogen) atoms. The largest absolute Gasteiger partial charge is 0.321 e. The quantitative estimate of drug-likeness (QED) is 0.266. The summed E-state index contributed by atoms with van der Waals surface area (Å²) in [6, 6.07) is 32.1. The molecule has 2 aromatic heterocycles. The first-order valence-electron chi connectivity index (χ1n) is 10.4. The van der Waals surface area contributed by atoms with E-state index in [1.54, 1.807) is 29.7 Å². The Hall–Kier alpha value is -3.73. The fourth-order valence-corrected chi connectivity index (χ4v) is 4.80. The summed E-state index contributed by atoms with van der Waals surface area (Å²) in [5.41, 5.74) is 6.63. The zero-order valence-corrected chi connectivity index (χ0v) is 19.1. The predicted molar refractivity (Wildman–Crippen MR) is 138 cm³/mol. The van der Waals surface area contributed by atoms with Gasteiger partial charge in [-0.3, -0.25) is 4.79 Å². The molecule has 2 heterocycles. The molecule has 0 atom stereocenters. The van der Waals surface area contributed by atoms with Crippen LogP contribution >= 0.6 is 22.9 Å². The van der Waals surface area contributed by atoms with Gasteiger partial charge in [0.15, 0.2) is 0 Å². The second-order valence-corrected chi connectivity index (χ2v) is 8.75. The van der Waals surface area contributed by atoms with Gasteiger partial charge in [0, 0.05) is 22.3 Å². The lowest BCUT2D eigenvalue weighted by Crippen LogP contribution is -2.13. The summed E-state index contributed by atoms with van der Waals surface area (Å²) in [6.45, 7) is 0. The lowest BCUT2D eigenvalue weighted by Gasteiger charge is -2.12. The number of pyridine rings is 1. The van der Waals surface area contributed by atoms with Gasteiger partial charge >= 0.3 is 0 Å². The van der Waals surface area contributed by atoms with Gasteiger partial charge in [0.25, 0.3) is 5.91 Å². The monoisotopic (exact) mass is 466 g/mol. The van der Waals surface area contributed by atoms with Crippen LogP contribution in [0.2, 0.25) is 5.15 Å². The average molecular weight is 467 g/mol. The highest BCUT2D eigenvalue weighted by atomic mass is 35.5. The molecular weight excluding hydrogens is 448 g/mol. The summed E-state index contributed by atoms with van der Waals surface area (Å²) in [7, 11) is 0. The minimum Gasteiger partial charge on any atom is -0.321 e. The minimum atomic E-state index is -0.288. The molecule has 0 aliphatic heterocycles. The zero-order chi connectivity index (χ0) is 22.6. The first-order chi connectivity index (χ1) is 16.2. The Morgan fingerprint density at radius 2 is 1.48 bits per heavy atom. The molecular formula is C28H19ClN2OS. The van der Waals surface area contributed by atoms with Crippen LogP contribution in [0.4, 0.5) is 5.69 Å². The summed E-state index contributed by atoms with van der Waals surface area (Å²) in [5.74, 6) is -0.288. The van der Waals surface area contributed by atoms with Crippen LogP contribution in [0.5, 0.6) is 0 Å². The van der Waals surface area contributed by atoms with Crippen molar-refractivity contribution in [2.24, 2.45) is 0 Å². The van der Waals surface area contributed by atoms with Gasteiger partial charge in [-0.05, 0) is 51.9 Å². The van der Waals surface area contributed by atoms with E-state index in [2.05, 4.69) is 70.3 Å². The van der Waals surface area contributed by atoms with E-state index < -0.39 is 0 Å². The number of anilines is 1. The lowest BCUT2D eigenvalue weighted by atomic mass is 10.0. The van der Waals surface area contributed by atoms with E-state index in [1.165, 1.54) is 16.0 Å². The average Bonchev–Trinajstić information content (AvgIpc) is 3.36. The third-order valence-electron chi connectivity index (χ3n) is 5.37. The van der Waals surface area contributed by atoms with E-state index in [9.17, 15) is 4.79 Å². The lowest BCUT2D eigenvalue weighted by molar-refractivity contribution is 0.102. The molecule has 0 spiro atoms. The van der Waals surface area contributed by atoms with Crippen molar-refractivity contribution in [1.82, 2.24) is 4.98 Å². The molecule has 0 aliphatic carbocycles. The molecule has 1 N–H and O–H groups in total. The van der Waals surface area contributed by atoms with E-state index in [0.29, 0.717) is 5.56 Å². The SMILES string of the molecule is O=C(Nc1ccccc1-c1ccc(-c2cc(-c3ccccc3)cs2)cc1)c1cccnc1Cl. The number of para-hydroxylation sites is 1. The standard InChI is InChI=1S/C28H19ClN2OS/c29-27-24(10-6-16-30-27)28(32)31-25-11-5-4-9-23(25)20-12-14-21(15-13-20)26-17-22(18-33-26)19-7-2-1-3-8-19/h1-18H,(H,31,32). The topological polar surface area (TPSA) is 42.0 Å². The molecule has 0 saturated heterocycles. The van der Waals surface area contributed by atoms with Gasteiger partial charge in [0.05, 0.1) is 5.56 Å². The number of benzene rings is 3. The molecule has 5 rings (SSSR count). The minimum absolute atomic E-state index is 0.183. The summed E-state index contributed by atoms with van der Waals surface area (Å²) in [4.78, 5) is 17.9. The summed E-state index contributed by atoms with van der Waals surface area (Å²) in [5, 5.41) is 5.34. The Kier molecular flexibility index (Phi) is 6.03. The highest BCUT2D eigenvalue weighted by molar-refractivity contribution is 7.14. The van der Waals surface area contributed by atoms with Crippen molar-refractivity contribution in [3.8, 4) is 32.7 Å². The Bertz CT molecular complexity index is 1410. The van der Waals surface area contributed by atoms with Crippen LogP contribution in [-0.4, -0.2) is 10.9 Å². The maximum Gasteiger partial charge on any atom is 0.258 e. The third-order valence-corrected chi connectivity index (χ3v) is 6.65. The molecule has 0 fully saturated rings. The maximum absolute atomic E-state index is 12.7. The van der Waals surface area contributed by atoms with Gasteiger partial charge in [0.2, 0.25) is 0 Å². The highest BCUT2D eigenvalue weighted by Gasteiger charge is 2.14. The highest BCUT2D eigenvalue weighted by Crippen LogP contribution is 2.35. The van der Waals surface area contributed by atoms with Crippen molar-refractivity contribution in [1.29, 1.82) is 0 Å². The number of amides is 1. The number of hydrogen-bond acceptors (Lipinski definition) is 3. The molecule has 3 nitrogen and oxygen atoms in total. The van der Waals surface area contributed by atoms with Crippen LogP contribution in [0.1, 0.15) is 10.4 Å². The van der Waals surface area contributed by atoms with Gasteiger partial charge in [-0.1, -0.05) is 84.4 Å². The molecule has 5 heteroatoms. The van der Waals surface area contributed by atoms with Crippen LogP contribution in [0.25, 0.3) is 32.7 Å². The molecule has 160 valence electrons. The van der Waals surface area contributed by atoms with Crippen molar-refractivity contribution in [3.05, 3.63) is 119 Å². The molecule has 3 aromatic carbocycles. The predicted octanol–water partition coefficient (Wildman–Crippen LogP) is 8.05. The van der Waals surface area contributed by atoms with Crippen LogP contribution < -0.4 is 5.32 Å². The molecule has 5 aromatic rings. The Balaban J connectivity index is 1.40. The number of rotatable bonds is 5. The normalized spacial score (nSPS) is 10.7. The van der Waals surface area contributed by atoms with E-state index in [-0.39, 0.29) is 11.1 Å². The van der Waals surface area contributed by atoms with Crippen LogP contribution in [0.15, 0.2) is 109 Å². The second-order valence-electron chi connectivity index (χ2n) is 7.48. The van der Waals surface area contributed by atoms with Gasteiger partial charge in [-0.15, -0.1) is 11.3 Å². The van der Waals surface area contributed by atoms with Gasteiger partial charge in [0.1, 0.15) is 5.15 Å². The third kappa shape index (κ3) is 4.58. The Morgan fingerprint density at radius 3 is 2.27 bits per heavy atom. The van der Waals surface area contributed by atoms with E-state index in [4.69, 9.17) is 11.6 Å². The maximum atomic E-state index is 12.7. The van der Waals surface area contributed by atoms with E-state index in [1.807, 2.05) is 30.3 Å². The number of halogens is 1. The second kappa shape index (κ2) is 9.41. The number of carbonyl (C=O) groups is 1. The van der Waals surface area contributed by atoms with E-state index >= 15 is 0 Å². The van der Waals surface area contributed by atoms with Gasteiger partial charge < -0.3 is 5.32 Å². The van der Waals surface area contributed by atoms with Crippen molar-refractivity contribution in [3.63, 3.8) is 0 Å². The molecule has 0 unspecified atom stereocenters. The van der Waals surface area contributed by atoms with Crippen molar-refractivity contribution >= 4 is 34.5 Å². The Labute approximate surface area is 201 Å². The summed E-state index contributed by atoms with van der Waals surface area (Å²) in [6.07, 6.45) is 1.56. The number of thiophene rings is 1. The number of nitrogens with zero attached hydrogens (tertiary/aromatic N) is 1. The summed E-state index contributed by atoms with van der Waals surface area (Å²) >= 11 is 7.82. The van der Waals surface area contributed by atoms with Crippen LogP contribution in [-0.2, 0) is 0 Å². The fourth-order valence-electron chi connectivity index (χ4n) is 3.67. The number of nitrogens with one attached hydrogen (secondary N) is 1. The number of hydrogen-bond donors (Lipinski definition) is 1. The molecule has 1 amide bonds. The molecule has 0 bridgehead atoms. The molecule has 0 aliphatic rings. The van der Waals surface area contributed by atoms with Crippen molar-refractivity contribution in [2.75, 3.05) is 5.32 Å². The first-order valence-corrected chi connectivity index (χ1v) is 11.7. The van der Waals surface area contributed by atoms with Crippen LogP contribution in [0.3, 0.4) is 0 Å². The van der Waals surface area contributed by atoms with Crippen molar-refractivity contribution in [2.45, 2.75) is 0 Å². The zero-order valence-electron chi connectivity index (χ0n) is 17.5. The van der Waals surface area contributed by atoms with Gasteiger partial charge in [-0.2, -0.15) is 0 Å². The van der Waals surface area contributed by atoms with Crippen LogP contribution in [0, 0.1) is 0 Å². The smallest absolute Gasteiger partial charge is 0.258 e. The Morgan fingerprint density at radius 1 is 0.758 bits per heavy atom.